The minimum absolute atomic E-state index is 0.0250. The first-order valence-corrected chi connectivity index (χ1v) is 6.84. The van der Waals surface area contributed by atoms with Crippen molar-refractivity contribution in [1.29, 1.82) is 0 Å². The Morgan fingerprint density at radius 2 is 2.17 bits per heavy atom. The molecule has 1 aliphatic heterocycles. The molecule has 1 aromatic rings. The van der Waals surface area contributed by atoms with Gasteiger partial charge in [-0.15, -0.1) is 0 Å². The lowest BCUT2D eigenvalue weighted by Crippen LogP contribution is -2.32. The quantitative estimate of drug-likeness (QED) is 0.931. The predicted molar refractivity (Wildman–Crippen MR) is 74.7 cm³/mol. The Labute approximate surface area is 115 Å². The molecule has 1 heterocycles. The number of carbonyl (C=O) groups excluding carboxylic acids is 1. The zero-order valence-corrected chi connectivity index (χ0v) is 12.0. The number of ether oxygens (including phenoxy) is 1. The maximum atomic E-state index is 12.0. The number of hydrogen-bond acceptors (Lipinski definition) is 2. The molecule has 98 valence electrons. The van der Waals surface area contributed by atoms with Gasteiger partial charge in [-0.3, -0.25) is 0 Å². The fraction of sp³-hybridized carbons (Fsp3) is 0.462. The highest BCUT2D eigenvalue weighted by Crippen LogP contribution is 2.26. The Hall–Kier alpha value is -1.07. The van der Waals surface area contributed by atoms with Gasteiger partial charge in [0.15, 0.2) is 0 Å². The zero-order chi connectivity index (χ0) is 13.0. The summed E-state index contributed by atoms with van der Waals surface area (Å²) in [6.07, 6.45) is 2.19. The van der Waals surface area contributed by atoms with Crippen LogP contribution in [0.5, 0.6) is 0 Å². The van der Waals surface area contributed by atoms with Gasteiger partial charge in [0.25, 0.3) is 0 Å². The number of carbonyl (C=O) groups is 1. The number of anilines is 1. The van der Waals surface area contributed by atoms with E-state index in [4.69, 9.17) is 4.74 Å². The summed E-state index contributed by atoms with van der Waals surface area (Å²) in [5.74, 6) is 0. The largest absolute Gasteiger partial charge is 0.380 e. The maximum absolute atomic E-state index is 12.0. The Kier molecular flexibility index (Phi) is 4.60. The molecular weight excluding hydrogens is 296 g/mol. The fourth-order valence-electron chi connectivity index (χ4n) is 2.08. The third-order valence-electron chi connectivity index (χ3n) is 3.04. The standard InChI is InChI=1S/C13H17BrN2O2/c1-18-9-10-11(14)5-4-6-12(10)15-13(17)16-7-2-3-8-16/h4-6H,2-3,7-9H2,1H3,(H,15,17). The maximum Gasteiger partial charge on any atom is 0.321 e. The van der Waals surface area contributed by atoms with Crippen LogP contribution < -0.4 is 5.32 Å². The topological polar surface area (TPSA) is 41.6 Å². The smallest absolute Gasteiger partial charge is 0.321 e. The van der Waals surface area contributed by atoms with Crippen LogP contribution in [0.15, 0.2) is 22.7 Å². The molecule has 0 bridgehead atoms. The summed E-state index contributed by atoms with van der Waals surface area (Å²) in [7, 11) is 1.64. The van der Waals surface area contributed by atoms with Crippen molar-refractivity contribution in [1.82, 2.24) is 4.90 Å². The van der Waals surface area contributed by atoms with Crippen molar-refractivity contribution in [3.8, 4) is 0 Å². The molecule has 5 heteroatoms. The number of nitrogens with zero attached hydrogens (tertiary/aromatic N) is 1. The summed E-state index contributed by atoms with van der Waals surface area (Å²) in [6, 6.07) is 5.72. The number of likely N-dealkylation sites (tertiary alicyclic amines) is 1. The van der Waals surface area contributed by atoms with Crippen molar-refractivity contribution in [2.24, 2.45) is 0 Å². The molecule has 0 saturated carbocycles. The van der Waals surface area contributed by atoms with E-state index in [1.54, 1.807) is 7.11 Å². The molecule has 4 nitrogen and oxygen atoms in total. The van der Waals surface area contributed by atoms with Gasteiger partial charge in [-0.1, -0.05) is 22.0 Å². The number of nitrogens with one attached hydrogen (secondary N) is 1. The molecule has 1 aliphatic rings. The molecular formula is C13H17BrN2O2. The number of urea groups is 1. The highest BCUT2D eigenvalue weighted by atomic mass is 79.9. The lowest BCUT2D eigenvalue weighted by Gasteiger charge is -2.18. The summed E-state index contributed by atoms with van der Waals surface area (Å²) in [6.45, 7) is 2.16. The van der Waals surface area contributed by atoms with E-state index in [0.29, 0.717) is 6.61 Å². The fourth-order valence-corrected chi connectivity index (χ4v) is 2.56. The van der Waals surface area contributed by atoms with E-state index in [1.165, 1.54) is 0 Å². The number of rotatable bonds is 3. The SMILES string of the molecule is COCc1c(Br)cccc1NC(=O)N1CCCC1. The van der Waals surface area contributed by atoms with Crippen molar-refractivity contribution in [2.45, 2.75) is 19.4 Å². The van der Waals surface area contributed by atoms with Crippen LogP contribution in [-0.4, -0.2) is 31.1 Å². The first-order valence-electron chi connectivity index (χ1n) is 6.04. The van der Waals surface area contributed by atoms with Gasteiger partial charge in [-0.25, -0.2) is 4.79 Å². The third kappa shape index (κ3) is 3.03. The number of amides is 2. The Balaban J connectivity index is 2.12. The average Bonchev–Trinajstić information content (AvgIpc) is 2.87. The number of halogens is 1. The Morgan fingerprint density at radius 3 is 2.83 bits per heavy atom. The molecule has 0 atom stereocenters. The van der Waals surface area contributed by atoms with Crippen LogP contribution in [0.4, 0.5) is 10.5 Å². The molecule has 0 aliphatic carbocycles. The normalized spacial score (nSPS) is 14.9. The van der Waals surface area contributed by atoms with Crippen LogP contribution in [0.1, 0.15) is 18.4 Å². The second kappa shape index (κ2) is 6.20. The van der Waals surface area contributed by atoms with E-state index in [2.05, 4.69) is 21.2 Å². The predicted octanol–water partition coefficient (Wildman–Crippen LogP) is 3.22. The van der Waals surface area contributed by atoms with Gasteiger partial charge in [0.1, 0.15) is 0 Å². The summed E-state index contributed by atoms with van der Waals surface area (Å²) in [5, 5.41) is 2.96. The highest BCUT2D eigenvalue weighted by molar-refractivity contribution is 9.10. The second-order valence-electron chi connectivity index (χ2n) is 4.32. The number of hydrogen-bond donors (Lipinski definition) is 1. The van der Waals surface area contributed by atoms with E-state index in [0.717, 1.165) is 41.7 Å². The summed E-state index contributed by atoms with van der Waals surface area (Å²) < 4.78 is 6.11. The molecule has 2 rings (SSSR count). The lowest BCUT2D eigenvalue weighted by atomic mass is 10.2. The monoisotopic (exact) mass is 312 g/mol. The minimum atomic E-state index is -0.0250. The molecule has 0 aromatic heterocycles. The van der Waals surface area contributed by atoms with E-state index in [1.807, 2.05) is 23.1 Å². The molecule has 0 unspecified atom stereocenters. The van der Waals surface area contributed by atoms with Crippen LogP contribution in [0, 0.1) is 0 Å². The van der Waals surface area contributed by atoms with Gasteiger partial charge >= 0.3 is 6.03 Å². The molecule has 1 fully saturated rings. The molecule has 1 N–H and O–H groups in total. The van der Waals surface area contributed by atoms with Gasteiger partial charge in [-0.05, 0) is 25.0 Å². The minimum Gasteiger partial charge on any atom is -0.380 e. The Bertz CT molecular complexity index is 431. The highest BCUT2D eigenvalue weighted by Gasteiger charge is 2.19. The molecule has 1 saturated heterocycles. The van der Waals surface area contributed by atoms with Gasteiger partial charge < -0.3 is 15.0 Å². The molecule has 2 amide bonds. The first-order chi connectivity index (χ1) is 8.72. The summed E-state index contributed by atoms with van der Waals surface area (Å²) in [4.78, 5) is 13.9. The van der Waals surface area contributed by atoms with Gasteiger partial charge in [0, 0.05) is 35.9 Å². The second-order valence-corrected chi connectivity index (χ2v) is 5.18. The van der Waals surface area contributed by atoms with Crippen LogP contribution >= 0.6 is 15.9 Å². The van der Waals surface area contributed by atoms with E-state index in [-0.39, 0.29) is 6.03 Å². The van der Waals surface area contributed by atoms with E-state index >= 15 is 0 Å². The van der Waals surface area contributed by atoms with Crippen LogP contribution in [0.2, 0.25) is 0 Å². The third-order valence-corrected chi connectivity index (χ3v) is 3.79. The number of methoxy groups -OCH3 is 1. The molecule has 0 spiro atoms. The van der Waals surface area contributed by atoms with Crippen molar-refractivity contribution >= 4 is 27.6 Å². The lowest BCUT2D eigenvalue weighted by molar-refractivity contribution is 0.184. The molecule has 18 heavy (non-hydrogen) atoms. The van der Waals surface area contributed by atoms with Gasteiger partial charge in [-0.2, -0.15) is 0 Å². The van der Waals surface area contributed by atoms with Gasteiger partial charge in [0.2, 0.25) is 0 Å². The summed E-state index contributed by atoms with van der Waals surface area (Å²) >= 11 is 3.48. The van der Waals surface area contributed by atoms with E-state index < -0.39 is 0 Å². The molecule has 1 aromatic carbocycles. The van der Waals surface area contributed by atoms with Crippen molar-refractivity contribution in [3.63, 3.8) is 0 Å². The van der Waals surface area contributed by atoms with Crippen molar-refractivity contribution in [2.75, 3.05) is 25.5 Å². The summed E-state index contributed by atoms with van der Waals surface area (Å²) in [5.41, 5.74) is 1.77. The zero-order valence-electron chi connectivity index (χ0n) is 10.4. The Morgan fingerprint density at radius 1 is 1.44 bits per heavy atom. The van der Waals surface area contributed by atoms with E-state index in [9.17, 15) is 4.79 Å². The van der Waals surface area contributed by atoms with Crippen molar-refractivity contribution in [3.05, 3.63) is 28.2 Å². The first kappa shape index (κ1) is 13.4. The van der Waals surface area contributed by atoms with Crippen molar-refractivity contribution < 1.29 is 9.53 Å². The van der Waals surface area contributed by atoms with Crippen LogP contribution in [0.3, 0.4) is 0 Å². The van der Waals surface area contributed by atoms with Crippen LogP contribution in [-0.2, 0) is 11.3 Å². The van der Waals surface area contributed by atoms with Gasteiger partial charge in [0.05, 0.1) is 6.61 Å². The average molecular weight is 313 g/mol. The number of benzene rings is 1. The van der Waals surface area contributed by atoms with Crippen LogP contribution in [0.25, 0.3) is 0 Å². The molecule has 0 radical (unpaired) electrons.